The molecule has 2 heterocycles. The molecule has 0 saturated carbocycles. The third-order valence-electron chi connectivity index (χ3n) is 4.98. The number of unbranched alkanes of at least 4 members (excludes halogenated alkanes) is 1. The van der Waals surface area contributed by atoms with Crippen LogP contribution >= 0.6 is 55.0 Å². The smallest absolute Gasteiger partial charge is 0.265 e. The number of hydrogen-bond acceptors (Lipinski definition) is 5. The van der Waals surface area contributed by atoms with Crippen molar-refractivity contribution in [3.8, 4) is 0 Å². The van der Waals surface area contributed by atoms with E-state index in [0.717, 1.165) is 26.0 Å². The van der Waals surface area contributed by atoms with Gasteiger partial charge >= 0.3 is 0 Å². The zero-order chi connectivity index (χ0) is 22.2. The van der Waals surface area contributed by atoms with Crippen LogP contribution in [0.2, 0.25) is 0 Å². The van der Waals surface area contributed by atoms with Crippen molar-refractivity contribution in [1.29, 1.82) is 0 Å². The average molecular weight is 605 g/mol. The monoisotopic (exact) mass is 603 g/mol. The van der Waals surface area contributed by atoms with Gasteiger partial charge in [-0.3, -0.25) is 4.55 Å². The van der Waals surface area contributed by atoms with Gasteiger partial charge in [-0.2, -0.15) is 13.0 Å². The first-order chi connectivity index (χ1) is 14.7. The number of aryl methyl sites for hydroxylation is 1. The van der Waals surface area contributed by atoms with E-state index in [1.165, 1.54) is 20.3 Å². The Labute approximate surface area is 207 Å². The van der Waals surface area contributed by atoms with Gasteiger partial charge in [0.2, 0.25) is 5.52 Å². The predicted octanol–water partition coefficient (Wildman–Crippen LogP) is 6.31. The molecule has 3 aromatic rings. The number of thioether (sulfide) groups is 1. The Morgan fingerprint density at radius 2 is 1.87 bits per heavy atom. The fourth-order valence-corrected chi connectivity index (χ4v) is 7.17. The van der Waals surface area contributed by atoms with E-state index in [1.54, 1.807) is 23.1 Å². The maximum Gasteiger partial charge on any atom is 0.265 e. The summed E-state index contributed by atoms with van der Waals surface area (Å²) in [6, 6.07) is 12.6. The van der Waals surface area contributed by atoms with Crippen molar-refractivity contribution in [3.63, 3.8) is 0 Å². The molecule has 1 N–H and O–H groups in total. The molecule has 0 spiro atoms. The molecular formula is C21H21Br2N2O3S3+. The van der Waals surface area contributed by atoms with Crippen molar-refractivity contribution in [2.45, 2.75) is 31.2 Å². The summed E-state index contributed by atoms with van der Waals surface area (Å²) in [6.45, 7) is 3.70. The molecule has 0 bridgehead atoms. The van der Waals surface area contributed by atoms with Crippen LogP contribution in [0.15, 0.2) is 55.3 Å². The van der Waals surface area contributed by atoms with E-state index in [9.17, 15) is 8.42 Å². The van der Waals surface area contributed by atoms with Gasteiger partial charge in [0.1, 0.15) is 4.70 Å². The predicted molar refractivity (Wildman–Crippen MR) is 136 cm³/mol. The fraction of sp³-hybridized carbons (Fsp3) is 0.286. The van der Waals surface area contributed by atoms with Crippen molar-refractivity contribution in [3.05, 3.63) is 55.4 Å². The van der Waals surface area contributed by atoms with Gasteiger partial charge in [-0.25, -0.2) is 0 Å². The van der Waals surface area contributed by atoms with Gasteiger partial charge in [-0.05, 0) is 43.7 Å². The Balaban J connectivity index is 1.70. The van der Waals surface area contributed by atoms with Crippen LogP contribution in [-0.2, 0) is 16.7 Å². The molecule has 2 aromatic carbocycles. The second kappa shape index (κ2) is 9.52. The first kappa shape index (κ1) is 23.3. The summed E-state index contributed by atoms with van der Waals surface area (Å²) in [5.41, 5.74) is 2.32. The Bertz CT molecular complexity index is 1270. The Hall–Kier alpha value is -0.910. The van der Waals surface area contributed by atoms with Crippen LogP contribution in [0.25, 0.3) is 16.3 Å². The normalized spacial score (nSPS) is 15.2. The van der Waals surface area contributed by atoms with Crippen molar-refractivity contribution in [1.82, 2.24) is 0 Å². The number of aromatic nitrogens is 1. The lowest BCUT2D eigenvalue weighted by Crippen LogP contribution is -2.35. The number of nitrogens with zero attached hydrogens (tertiary/aromatic N) is 2. The molecular weight excluding hydrogens is 584 g/mol. The van der Waals surface area contributed by atoms with Crippen LogP contribution in [0.3, 0.4) is 0 Å². The lowest BCUT2D eigenvalue weighted by atomic mass is 10.3. The van der Waals surface area contributed by atoms with Crippen molar-refractivity contribution < 1.29 is 17.5 Å². The minimum absolute atomic E-state index is 0.209. The summed E-state index contributed by atoms with van der Waals surface area (Å²) in [6.07, 6.45) is 3.31. The van der Waals surface area contributed by atoms with Crippen LogP contribution in [0.4, 0.5) is 5.69 Å². The second-order valence-corrected chi connectivity index (χ2v) is 12.7. The molecule has 0 radical (unpaired) electrons. The maximum atomic E-state index is 11.1. The molecule has 0 amide bonds. The van der Waals surface area contributed by atoms with Gasteiger partial charge in [-0.1, -0.05) is 55.0 Å². The lowest BCUT2D eigenvalue weighted by molar-refractivity contribution is -0.669. The molecule has 4 rings (SSSR count). The zero-order valence-electron chi connectivity index (χ0n) is 16.7. The van der Waals surface area contributed by atoms with E-state index in [0.29, 0.717) is 19.4 Å². The number of hydrogen-bond donors (Lipinski definition) is 1. The van der Waals surface area contributed by atoms with Crippen molar-refractivity contribution in [2.24, 2.45) is 0 Å². The molecule has 1 aliphatic heterocycles. The highest BCUT2D eigenvalue weighted by atomic mass is 79.9. The van der Waals surface area contributed by atoms with Gasteiger partial charge in [0.15, 0.2) is 6.54 Å². The van der Waals surface area contributed by atoms with E-state index < -0.39 is 10.1 Å². The van der Waals surface area contributed by atoms with Crippen molar-refractivity contribution >= 4 is 87.1 Å². The zero-order valence-corrected chi connectivity index (χ0v) is 22.3. The number of benzene rings is 2. The summed E-state index contributed by atoms with van der Waals surface area (Å²) >= 11 is 10.6. The summed E-state index contributed by atoms with van der Waals surface area (Å²) in [4.78, 5) is 3.55. The van der Waals surface area contributed by atoms with Crippen LogP contribution < -0.4 is 9.47 Å². The highest BCUT2D eigenvalue weighted by Gasteiger charge is 2.27. The van der Waals surface area contributed by atoms with Crippen LogP contribution in [0.1, 0.15) is 24.8 Å². The second-order valence-electron chi connectivity index (χ2n) is 7.14. The first-order valence-corrected chi connectivity index (χ1v) is 14.6. The molecule has 1 aliphatic rings. The molecule has 0 aliphatic carbocycles. The molecule has 10 heteroatoms. The standard InChI is InChI=1S/C21H20Br2N2O3S3/c1-2-24-16-11-14(22)5-7-18(16)29-20(24)13-21-25(9-3-4-10-31(26,27)28)17-12-15(23)6-8-19(17)30-21/h5-8,11-13H,2-4,9-10H2,1H3/p+1. The lowest BCUT2D eigenvalue weighted by Gasteiger charge is -2.17. The minimum Gasteiger partial charge on any atom is -0.335 e. The van der Waals surface area contributed by atoms with Crippen molar-refractivity contribution in [2.75, 3.05) is 17.2 Å². The topological polar surface area (TPSA) is 61.5 Å². The third-order valence-corrected chi connectivity index (χ3v) is 9.00. The van der Waals surface area contributed by atoms with Crippen LogP contribution in [0.5, 0.6) is 0 Å². The van der Waals surface area contributed by atoms with Gasteiger partial charge < -0.3 is 4.90 Å². The first-order valence-electron chi connectivity index (χ1n) is 9.79. The Morgan fingerprint density at radius 1 is 1.13 bits per heavy atom. The van der Waals surface area contributed by atoms with Gasteiger partial charge in [-0.15, -0.1) is 0 Å². The molecule has 0 unspecified atom stereocenters. The number of anilines is 1. The molecule has 1 aromatic heterocycles. The minimum atomic E-state index is -3.93. The van der Waals surface area contributed by atoms with Crippen LogP contribution in [0, 0.1) is 0 Å². The van der Waals surface area contributed by atoms with Gasteiger partial charge in [0, 0.05) is 32.9 Å². The highest BCUT2D eigenvalue weighted by molar-refractivity contribution is 9.10. The Kier molecular flexibility index (Phi) is 7.15. The molecule has 0 atom stereocenters. The quantitative estimate of drug-likeness (QED) is 0.194. The SMILES string of the molecule is CCN1C(=Cc2sc3ccc(Br)cc3[n+]2CCCCS(=O)(=O)O)Sc2ccc(Br)cc21. The number of thiazole rings is 1. The summed E-state index contributed by atoms with van der Waals surface area (Å²) in [7, 11) is -3.93. The number of fused-ring (bicyclic) bond motifs is 2. The average Bonchev–Trinajstić information content (AvgIpc) is 3.21. The third kappa shape index (κ3) is 5.36. The molecule has 31 heavy (non-hydrogen) atoms. The van der Waals surface area contributed by atoms with Gasteiger partial charge in [0.05, 0.1) is 22.5 Å². The van der Waals surface area contributed by atoms with E-state index in [4.69, 9.17) is 4.55 Å². The van der Waals surface area contributed by atoms with Gasteiger partial charge in [0.25, 0.3) is 15.1 Å². The highest BCUT2D eigenvalue weighted by Crippen LogP contribution is 2.47. The Morgan fingerprint density at radius 3 is 2.61 bits per heavy atom. The molecule has 5 nitrogen and oxygen atoms in total. The maximum absolute atomic E-state index is 11.1. The summed E-state index contributed by atoms with van der Waals surface area (Å²) in [5, 5.41) is 2.29. The number of halogens is 2. The molecule has 0 saturated heterocycles. The molecule has 164 valence electrons. The summed E-state index contributed by atoms with van der Waals surface area (Å²) in [5.74, 6) is -0.209. The van der Waals surface area contributed by atoms with Crippen LogP contribution in [-0.4, -0.2) is 25.3 Å². The summed E-state index contributed by atoms with van der Waals surface area (Å²) < 4.78 is 36.7. The largest absolute Gasteiger partial charge is 0.335 e. The number of rotatable bonds is 7. The van der Waals surface area contributed by atoms with E-state index in [2.05, 4.69) is 84.7 Å². The van der Waals surface area contributed by atoms with E-state index >= 15 is 0 Å². The molecule has 0 fully saturated rings. The fourth-order valence-electron chi connectivity index (χ4n) is 3.58. The van der Waals surface area contributed by atoms with E-state index in [1.807, 2.05) is 6.07 Å². The van der Waals surface area contributed by atoms with E-state index in [-0.39, 0.29) is 5.75 Å².